The second kappa shape index (κ2) is 6.75. The highest BCUT2D eigenvalue weighted by Gasteiger charge is 2.22. The number of carbonyl (C=O) groups excluding carboxylic acids is 1. The Bertz CT molecular complexity index is 443. The first-order valence-electron chi connectivity index (χ1n) is 6.88. The summed E-state index contributed by atoms with van der Waals surface area (Å²) in [5.41, 5.74) is 2.84. The van der Waals surface area contributed by atoms with Gasteiger partial charge in [0.25, 0.3) is 0 Å². The Hall–Kier alpha value is -1.55. The number of amides is 1. The molecule has 4 heteroatoms. The molecule has 0 fully saturated rings. The van der Waals surface area contributed by atoms with Gasteiger partial charge in [0, 0.05) is 13.1 Å². The fraction of sp³-hybridized carbons (Fsp3) is 0.562. The van der Waals surface area contributed by atoms with Crippen LogP contribution in [-0.4, -0.2) is 34.9 Å². The minimum atomic E-state index is -0.536. The zero-order chi connectivity index (χ0) is 15.3. The quantitative estimate of drug-likeness (QED) is 0.921. The average molecular weight is 279 g/mol. The number of carbonyl (C=O) groups is 1. The number of ether oxygens (including phenoxy) is 1. The van der Waals surface area contributed by atoms with Crippen LogP contribution >= 0.6 is 0 Å². The van der Waals surface area contributed by atoms with Gasteiger partial charge >= 0.3 is 6.09 Å². The molecule has 1 rings (SSSR count). The Balaban J connectivity index is 2.90. The fourth-order valence-electron chi connectivity index (χ4n) is 1.97. The largest absolute Gasteiger partial charge is 0.444 e. The van der Waals surface area contributed by atoms with E-state index >= 15 is 0 Å². The summed E-state index contributed by atoms with van der Waals surface area (Å²) in [5.74, 6) is 0. The van der Waals surface area contributed by atoms with Crippen molar-refractivity contribution in [2.24, 2.45) is 0 Å². The van der Waals surface area contributed by atoms with Crippen molar-refractivity contribution in [3.63, 3.8) is 0 Å². The van der Waals surface area contributed by atoms with Gasteiger partial charge in [0.2, 0.25) is 0 Å². The summed E-state index contributed by atoms with van der Waals surface area (Å²) in [6.07, 6.45) is -0.394. The van der Waals surface area contributed by atoms with E-state index in [0.717, 1.165) is 16.7 Å². The van der Waals surface area contributed by atoms with Gasteiger partial charge in [-0.2, -0.15) is 0 Å². The van der Waals surface area contributed by atoms with Gasteiger partial charge in [0.05, 0.1) is 6.61 Å². The molecule has 1 amide bonds. The van der Waals surface area contributed by atoms with E-state index in [1.54, 1.807) is 4.90 Å². The van der Waals surface area contributed by atoms with E-state index in [0.29, 0.717) is 6.54 Å². The molecule has 0 aliphatic carbocycles. The van der Waals surface area contributed by atoms with Gasteiger partial charge < -0.3 is 14.7 Å². The Labute approximate surface area is 121 Å². The van der Waals surface area contributed by atoms with E-state index in [4.69, 9.17) is 9.84 Å². The molecule has 0 heterocycles. The summed E-state index contributed by atoms with van der Waals surface area (Å²) in [4.78, 5) is 13.7. The van der Waals surface area contributed by atoms with Crippen molar-refractivity contribution in [3.8, 4) is 0 Å². The molecule has 112 valence electrons. The van der Waals surface area contributed by atoms with Crippen molar-refractivity contribution in [1.82, 2.24) is 4.90 Å². The van der Waals surface area contributed by atoms with Crippen molar-refractivity contribution in [1.29, 1.82) is 0 Å². The highest BCUT2D eigenvalue weighted by atomic mass is 16.6. The monoisotopic (exact) mass is 279 g/mol. The maximum Gasteiger partial charge on any atom is 0.410 e. The van der Waals surface area contributed by atoms with Crippen LogP contribution in [0, 0.1) is 13.8 Å². The van der Waals surface area contributed by atoms with Crippen LogP contribution in [0.5, 0.6) is 0 Å². The summed E-state index contributed by atoms with van der Waals surface area (Å²) >= 11 is 0. The first-order valence-corrected chi connectivity index (χ1v) is 6.88. The van der Waals surface area contributed by atoms with E-state index in [2.05, 4.69) is 0 Å². The number of hydrogen-bond donors (Lipinski definition) is 1. The van der Waals surface area contributed by atoms with Gasteiger partial charge in [-0.05, 0) is 51.3 Å². The Kier molecular flexibility index (Phi) is 5.57. The second-order valence-corrected chi connectivity index (χ2v) is 6.00. The Morgan fingerprint density at radius 2 is 1.80 bits per heavy atom. The second-order valence-electron chi connectivity index (χ2n) is 6.00. The van der Waals surface area contributed by atoms with Gasteiger partial charge in [-0.25, -0.2) is 4.79 Å². The normalized spacial score (nSPS) is 11.3. The molecule has 4 nitrogen and oxygen atoms in total. The molecule has 0 unspecified atom stereocenters. The minimum Gasteiger partial charge on any atom is -0.444 e. The third-order valence-corrected chi connectivity index (χ3v) is 3.02. The van der Waals surface area contributed by atoms with Crippen LogP contribution in [0.4, 0.5) is 4.79 Å². The van der Waals surface area contributed by atoms with Crippen molar-refractivity contribution < 1.29 is 14.6 Å². The van der Waals surface area contributed by atoms with Crippen LogP contribution in [0.25, 0.3) is 0 Å². The summed E-state index contributed by atoms with van der Waals surface area (Å²) in [6, 6.07) is 6.04. The van der Waals surface area contributed by atoms with Crippen LogP contribution in [0.15, 0.2) is 18.2 Å². The predicted molar refractivity (Wildman–Crippen MR) is 79.6 cm³/mol. The fourth-order valence-corrected chi connectivity index (χ4v) is 1.97. The van der Waals surface area contributed by atoms with Gasteiger partial charge in [-0.15, -0.1) is 0 Å². The number of aliphatic hydroxyl groups excluding tert-OH is 1. The molecule has 1 aromatic carbocycles. The molecule has 1 aromatic rings. The molecule has 0 radical (unpaired) electrons. The maximum atomic E-state index is 12.2. The minimum absolute atomic E-state index is 0.0792. The van der Waals surface area contributed by atoms with Crippen LogP contribution in [-0.2, 0) is 11.3 Å². The molecule has 0 spiro atoms. The number of rotatable bonds is 4. The standard InChI is InChI=1S/C16H25NO3/c1-12-7-6-8-13(2)14(12)11-17(9-10-18)15(19)20-16(3,4)5/h6-8,18H,9-11H2,1-5H3. The maximum absolute atomic E-state index is 12.2. The number of nitrogens with zero attached hydrogens (tertiary/aromatic N) is 1. The van der Waals surface area contributed by atoms with E-state index < -0.39 is 11.7 Å². The molecule has 0 bridgehead atoms. The van der Waals surface area contributed by atoms with Crippen LogP contribution in [0.3, 0.4) is 0 Å². The van der Waals surface area contributed by atoms with Crippen LogP contribution in [0.2, 0.25) is 0 Å². The van der Waals surface area contributed by atoms with Crippen molar-refractivity contribution in [3.05, 3.63) is 34.9 Å². The molecular formula is C16H25NO3. The zero-order valence-electron chi connectivity index (χ0n) is 13.1. The summed E-state index contributed by atoms with van der Waals surface area (Å²) in [5, 5.41) is 9.15. The summed E-state index contributed by atoms with van der Waals surface area (Å²) < 4.78 is 5.38. The molecule has 0 saturated carbocycles. The summed E-state index contributed by atoms with van der Waals surface area (Å²) in [6.45, 7) is 10.2. The van der Waals surface area contributed by atoms with E-state index in [1.165, 1.54) is 0 Å². The van der Waals surface area contributed by atoms with Gasteiger partial charge in [0.1, 0.15) is 5.60 Å². The van der Waals surface area contributed by atoms with Gasteiger partial charge in [-0.3, -0.25) is 0 Å². The predicted octanol–water partition coefficient (Wildman–Crippen LogP) is 3.03. The van der Waals surface area contributed by atoms with Gasteiger partial charge in [0.15, 0.2) is 0 Å². The van der Waals surface area contributed by atoms with Crippen LogP contribution in [0.1, 0.15) is 37.5 Å². The zero-order valence-corrected chi connectivity index (χ0v) is 13.1. The smallest absolute Gasteiger partial charge is 0.410 e. The van der Waals surface area contributed by atoms with E-state index in [-0.39, 0.29) is 13.2 Å². The lowest BCUT2D eigenvalue weighted by atomic mass is 10.0. The Morgan fingerprint density at radius 3 is 2.25 bits per heavy atom. The molecule has 0 saturated heterocycles. The van der Waals surface area contributed by atoms with Crippen molar-refractivity contribution in [2.75, 3.05) is 13.2 Å². The molecule has 0 atom stereocenters. The third-order valence-electron chi connectivity index (χ3n) is 3.02. The van der Waals surface area contributed by atoms with E-state index in [1.807, 2.05) is 52.8 Å². The van der Waals surface area contributed by atoms with Gasteiger partial charge in [-0.1, -0.05) is 18.2 Å². The SMILES string of the molecule is Cc1cccc(C)c1CN(CCO)C(=O)OC(C)(C)C. The topological polar surface area (TPSA) is 49.8 Å². The highest BCUT2D eigenvalue weighted by molar-refractivity contribution is 5.68. The van der Waals surface area contributed by atoms with Crippen molar-refractivity contribution in [2.45, 2.75) is 46.8 Å². The Morgan fingerprint density at radius 1 is 1.25 bits per heavy atom. The lowest BCUT2D eigenvalue weighted by Gasteiger charge is -2.28. The number of hydrogen-bond acceptors (Lipinski definition) is 3. The molecule has 0 aliphatic rings. The lowest BCUT2D eigenvalue weighted by Crippen LogP contribution is -2.38. The van der Waals surface area contributed by atoms with Crippen LogP contribution < -0.4 is 0 Å². The summed E-state index contributed by atoms with van der Waals surface area (Å²) in [7, 11) is 0. The first-order chi connectivity index (χ1) is 9.24. The molecule has 0 aliphatic heterocycles. The average Bonchev–Trinajstić information content (AvgIpc) is 2.30. The number of aliphatic hydroxyl groups is 1. The first kappa shape index (κ1) is 16.5. The molecule has 20 heavy (non-hydrogen) atoms. The number of aryl methyl sites for hydroxylation is 2. The molecule has 0 aromatic heterocycles. The molecule has 1 N–H and O–H groups in total. The van der Waals surface area contributed by atoms with E-state index in [9.17, 15) is 4.79 Å². The third kappa shape index (κ3) is 4.85. The molecular weight excluding hydrogens is 254 g/mol. The van der Waals surface area contributed by atoms with Crippen molar-refractivity contribution >= 4 is 6.09 Å². The number of benzene rings is 1. The highest BCUT2D eigenvalue weighted by Crippen LogP contribution is 2.18. The lowest BCUT2D eigenvalue weighted by molar-refractivity contribution is 0.0201.